The molecule has 5 heteroatoms. The molecule has 0 amide bonds. The van der Waals surface area contributed by atoms with Crippen molar-refractivity contribution in [3.8, 4) is 5.75 Å². The Morgan fingerprint density at radius 3 is 2.40 bits per heavy atom. The summed E-state index contributed by atoms with van der Waals surface area (Å²) < 4.78 is 5.72. The molecule has 0 aromatic heterocycles. The predicted octanol–water partition coefficient (Wildman–Crippen LogP) is 4.56. The Kier molecular flexibility index (Phi) is 6.57. The number of aliphatic hydroxyl groups is 1. The fourth-order valence-electron chi connectivity index (χ4n) is 2.31. The van der Waals surface area contributed by atoms with Crippen molar-refractivity contribution in [1.82, 2.24) is 0 Å². The highest BCUT2D eigenvalue weighted by molar-refractivity contribution is 6.30. The van der Waals surface area contributed by atoms with Gasteiger partial charge in [-0.25, -0.2) is 0 Å². The average molecular weight is 363 g/mol. The lowest BCUT2D eigenvalue weighted by Crippen LogP contribution is -2.21. The molecular weight excluding hydrogens is 336 g/mol. The summed E-state index contributed by atoms with van der Waals surface area (Å²) >= 11 is 6.19. The molecule has 0 aliphatic heterocycles. The summed E-state index contributed by atoms with van der Waals surface area (Å²) in [4.78, 5) is 2.07. The molecular formula is C20H27ClN2O2. The molecule has 2 N–H and O–H groups in total. The van der Waals surface area contributed by atoms with E-state index < -0.39 is 5.60 Å². The van der Waals surface area contributed by atoms with Crippen molar-refractivity contribution in [3.63, 3.8) is 0 Å². The Morgan fingerprint density at radius 2 is 1.80 bits per heavy atom. The standard InChI is InChI=1S/C20H27ClN2O2/c1-20(2,24)9-10-25-19-12-15(11-16(21)13-19)14-22-17-5-7-18(8-6-17)23(3)4/h5-8,11-13,22,24H,9-10,14H2,1-4H3. The van der Waals surface area contributed by atoms with Crippen molar-refractivity contribution in [1.29, 1.82) is 0 Å². The number of nitrogens with zero attached hydrogens (tertiary/aromatic N) is 1. The molecule has 0 saturated carbocycles. The van der Waals surface area contributed by atoms with E-state index in [1.54, 1.807) is 19.9 Å². The van der Waals surface area contributed by atoms with Crippen LogP contribution in [0.1, 0.15) is 25.8 Å². The highest BCUT2D eigenvalue weighted by atomic mass is 35.5. The molecule has 2 rings (SSSR count). The highest BCUT2D eigenvalue weighted by Crippen LogP contribution is 2.23. The number of nitrogens with one attached hydrogen (secondary N) is 1. The van der Waals surface area contributed by atoms with Crippen molar-refractivity contribution in [2.24, 2.45) is 0 Å². The summed E-state index contributed by atoms with van der Waals surface area (Å²) in [5, 5.41) is 13.8. The van der Waals surface area contributed by atoms with Crippen LogP contribution < -0.4 is 15.0 Å². The lowest BCUT2D eigenvalue weighted by Gasteiger charge is -2.17. The van der Waals surface area contributed by atoms with Crippen LogP contribution in [0.2, 0.25) is 5.02 Å². The zero-order valence-corrected chi connectivity index (χ0v) is 16.1. The molecule has 0 atom stereocenters. The zero-order valence-electron chi connectivity index (χ0n) is 15.3. The molecule has 2 aromatic rings. The molecule has 2 aromatic carbocycles. The first kappa shape index (κ1) is 19.4. The van der Waals surface area contributed by atoms with E-state index in [9.17, 15) is 5.11 Å². The lowest BCUT2D eigenvalue weighted by atomic mass is 10.1. The van der Waals surface area contributed by atoms with Gasteiger partial charge in [0, 0.05) is 43.5 Å². The predicted molar refractivity (Wildman–Crippen MR) is 106 cm³/mol. The smallest absolute Gasteiger partial charge is 0.121 e. The average Bonchev–Trinajstić information content (AvgIpc) is 2.51. The van der Waals surface area contributed by atoms with E-state index in [4.69, 9.17) is 16.3 Å². The van der Waals surface area contributed by atoms with Crippen LogP contribution in [-0.4, -0.2) is 31.4 Å². The third-order valence-electron chi connectivity index (χ3n) is 3.79. The maximum atomic E-state index is 9.75. The highest BCUT2D eigenvalue weighted by Gasteiger charge is 2.12. The number of hydrogen-bond donors (Lipinski definition) is 2. The van der Waals surface area contributed by atoms with Gasteiger partial charge in [0.1, 0.15) is 5.75 Å². The quantitative estimate of drug-likeness (QED) is 0.722. The van der Waals surface area contributed by atoms with Crippen LogP contribution in [-0.2, 0) is 6.54 Å². The third kappa shape index (κ3) is 6.85. The fourth-order valence-corrected chi connectivity index (χ4v) is 2.55. The Morgan fingerprint density at radius 1 is 1.12 bits per heavy atom. The molecule has 0 saturated heterocycles. The van der Waals surface area contributed by atoms with Crippen LogP contribution in [0.4, 0.5) is 11.4 Å². The van der Waals surface area contributed by atoms with Crippen LogP contribution in [0, 0.1) is 0 Å². The molecule has 4 nitrogen and oxygen atoms in total. The number of halogens is 1. The SMILES string of the molecule is CN(C)c1ccc(NCc2cc(Cl)cc(OCCC(C)(C)O)c2)cc1. The Bertz CT molecular complexity index is 679. The number of ether oxygens (including phenoxy) is 1. The second-order valence-electron chi connectivity index (χ2n) is 7.00. The van der Waals surface area contributed by atoms with Gasteiger partial charge in [-0.05, 0) is 61.9 Å². The minimum atomic E-state index is -0.734. The van der Waals surface area contributed by atoms with Gasteiger partial charge in [-0.1, -0.05) is 11.6 Å². The first-order valence-electron chi connectivity index (χ1n) is 8.39. The molecule has 0 heterocycles. The van der Waals surface area contributed by atoms with Gasteiger partial charge in [-0.3, -0.25) is 0 Å². The van der Waals surface area contributed by atoms with Crippen LogP contribution in [0.15, 0.2) is 42.5 Å². The van der Waals surface area contributed by atoms with Gasteiger partial charge < -0.3 is 20.1 Å². The molecule has 0 bridgehead atoms. The van der Waals surface area contributed by atoms with E-state index in [2.05, 4.69) is 34.5 Å². The summed E-state index contributed by atoms with van der Waals surface area (Å²) in [5.74, 6) is 0.719. The van der Waals surface area contributed by atoms with Crippen molar-refractivity contribution < 1.29 is 9.84 Å². The van der Waals surface area contributed by atoms with Crippen molar-refractivity contribution in [2.75, 3.05) is 30.9 Å². The van der Waals surface area contributed by atoms with E-state index in [1.807, 2.05) is 26.2 Å². The monoisotopic (exact) mass is 362 g/mol. The molecule has 0 fully saturated rings. The zero-order chi connectivity index (χ0) is 18.4. The van der Waals surface area contributed by atoms with Crippen molar-refractivity contribution in [3.05, 3.63) is 53.1 Å². The normalized spacial score (nSPS) is 11.3. The van der Waals surface area contributed by atoms with E-state index in [0.29, 0.717) is 24.6 Å². The second kappa shape index (κ2) is 8.45. The van der Waals surface area contributed by atoms with Gasteiger partial charge in [-0.2, -0.15) is 0 Å². The van der Waals surface area contributed by atoms with Crippen LogP contribution in [0.25, 0.3) is 0 Å². The molecule has 136 valence electrons. The number of hydrogen-bond acceptors (Lipinski definition) is 4. The van der Waals surface area contributed by atoms with Crippen molar-refractivity contribution in [2.45, 2.75) is 32.4 Å². The number of rotatable bonds is 8. The first-order valence-corrected chi connectivity index (χ1v) is 8.77. The minimum Gasteiger partial charge on any atom is -0.493 e. The van der Waals surface area contributed by atoms with Crippen molar-refractivity contribution >= 4 is 23.0 Å². The maximum Gasteiger partial charge on any atom is 0.121 e. The summed E-state index contributed by atoms with van der Waals surface area (Å²) in [7, 11) is 4.04. The fraction of sp³-hybridized carbons (Fsp3) is 0.400. The maximum absolute atomic E-state index is 9.75. The molecule has 0 unspecified atom stereocenters. The van der Waals surface area contributed by atoms with E-state index >= 15 is 0 Å². The summed E-state index contributed by atoms with van der Waals surface area (Å²) in [6.07, 6.45) is 0.561. The Labute approximate surface area is 155 Å². The number of benzene rings is 2. The van der Waals surface area contributed by atoms with Gasteiger partial charge in [0.2, 0.25) is 0 Å². The Hall–Kier alpha value is -1.91. The molecule has 0 aliphatic carbocycles. The second-order valence-corrected chi connectivity index (χ2v) is 7.44. The molecule has 0 aliphatic rings. The van der Waals surface area contributed by atoms with E-state index in [-0.39, 0.29) is 0 Å². The van der Waals surface area contributed by atoms with Gasteiger partial charge in [-0.15, -0.1) is 0 Å². The Balaban J connectivity index is 1.95. The summed E-state index contributed by atoms with van der Waals surface area (Å²) in [6, 6.07) is 13.9. The van der Waals surface area contributed by atoms with E-state index in [1.165, 1.54) is 0 Å². The summed E-state index contributed by atoms with van der Waals surface area (Å²) in [5.41, 5.74) is 2.52. The largest absolute Gasteiger partial charge is 0.493 e. The summed E-state index contributed by atoms with van der Waals surface area (Å²) in [6.45, 7) is 4.64. The van der Waals surface area contributed by atoms with Crippen LogP contribution >= 0.6 is 11.6 Å². The van der Waals surface area contributed by atoms with Crippen LogP contribution in [0.3, 0.4) is 0 Å². The van der Waals surface area contributed by atoms with Gasteiger partial charge >= 0.3 is 0 Å². The first-order chi connectivity index (χ1) is 11.7. The van der Waals surface area contributed by atoms with Gasteiger partial charge in [0.15, 0.2) is 0 Å². The van der Waals surface area contributed by atoms with Crippen LogP contribution in [0.5, 0.6) is 5.75 Å². The number of anilines is 2. The lowest BCUT2D eigenvalue weighted by molar-refractivity contribution is 0.0553. The minimum absolute atomic E-state index is 0.447. The topological polar surface area (TPSA) is 44.7 Å². The molecule has 0 spiro atoms. The third-order valence-corrected chi connectivity index (χ3v) is 4.01. The van der Waals surface area contributed by atoms with E-state index in [0.717, 1.165) is 22.7 Å². The molecule has 0 radical (unpaired) electrons. The molecule has 25 heavy (non-hydrogen) atoms. The van der Waals surface area contributed by atoms with Gasteiger partial charge in [0.25, 0.3) is 0 Å². The van der Waals surface area contributed by atoms with Gasteiger partial charge in [0.05, 0.1) is 12.2 Å².